The third kappa shape index (κ3) is 6.77. The van der Waals surface area contributed by atoms with Gasteiger partial charge in [-0.2, -0.15) is 0 Å². The second-order valence-corrected chi connectivity index (χ2v) is 5.04. The second kappa shape index (κ2) is 8.27. The molecule has 1 aliphatic heterocycles. The van der Waals surface area contributed by atoms with E-state index in [0.29, 0.717) is 12.8 Å². The number of ether oxygens (including phenoxy) is 1. The predicted octanol–water partition coefficient (Wildman–Crippen LogP) is 1.94. The van der Waals surface area contributed by atoms with E-state index >= 15 is 0 Å². The van der Waals surface area contributed by atoms with E-state index in [4.69, 9.17) is 4.74 Å². The zero-order chi connectivity index (χ0) is 13.4. The second-order valence-electron chi connectivity index (χ2n) is 5.04. The van der Waals surface area contributed by atoms with Gasteiger partial charge in [0.25, 0.3) is 0 Å². The lowest BCUT2D eigenvalue weighted by Crippen LogP contribution is -2.15. The summed E-state index contributed by atoms with van der Waals surface area (Å²) >= 11 is 0. The molecule has 0 unspecified atom stereocenters. The molecule has 1 heterocycles. The Kier molecular flexibility index (Phi) is 6.98. The van der Waals surface area contributed by atoms with Crippen LogP contribution in [0.1, 0.15) is 51.9 Å². The van der Waals surface area contributed by atoms with Gasteiger partial charge in [-0.3, -0.25) is 0 Å². The Bertz CT molecular complexity index is 275. The highest BCUT2D eigenvalue weighted by atomic mass is 16.5. The van der Waals surface area contributed by atoms with Crippen molar-refractivity contribution in [3.63, 3.8) is 0 Å². The number of esters is 1. The average molecular weight is 256 g/mol. The Morgan fingerprint density at radius 2 is 1.83 bits per heavy atom. The van der Waals surface area contributed by atoms with Gasteiger partial charge in [-0.1, -0.05) is 12.8 Å². The summed E-state index contributed by atoms with van der Waals surface area (Å²) in [5.41, 5.74) is 0. The maximum absolute atomic E-state index is 11.4. The van der Waals surface area contributed by atoms with Crippen molar-refractivity contribution in [2.45, 2.75) is 70.2 Å². The molecule has 2 N–H and O–H groups in total. The smallest absolute Gasteiger partial charge is 0.330 e. The maximum Gasteiger partial charge on any atom is 0.330 e. The van der Waals surface area contributed by atoms with Gasteiger partial charge >= 0.3 is 5.97 Å². The van der Waals surface area contributed by atoms with E-state index in [1.54, 1.807) is 0 Å². The van der Waals surface area contributed by atoms with Crippen molar-refractivity contribution >= 4 is 5.97 Å². The minimum atomic E-state index is -0.689. The molecule has 0 fully saturated rings. The largest absolute Gasteiger partial charge is 0.460 e. The number of aliphatic hydroxyl groups excluding tert-OH is 2. The molecule has 0 saturated carbocycles. The van der Waals surface area contributed by atoms with Gasteiger partial charge < -0.3 is 14.9 Å². The zero-order valence-corrected chi connectivity index (χ0v) is 11.0. The average Bonchev–Trinajstić information content (AvgIpc) is 2.32. The molecule has 0 saturated heterocycles. The minimum Gasteiger partial charge on any atom is -0.460 e. The quantitative estimate of drug-likeness (QED) is 0.650. The Balaban J connectivity index is 2.51. The maximum atomic E-state index is 11.4. The number of cyclic esters (lactones) is 1. The fraction of sp³-hybridized carbons (Fsp3) is 0.786. The third-order valence-electron chi connectivity index (χ3n) is 3.22. The molecule has 0 aliphatic carbocycles. The Labute approximate surface area is 109 Å². The first-order chi connectivity index (χ1) is 8.58. The molecule has 0 aromatic rings. The number of carbonyl (C=O) groups excluding carboxylic acids is 1. The van der Waals surface area contributed by atoms with Crippen molar-refractivity contribution < 1.29 is 19.7 Å². The minimum absolute atomic E-state index is 0.0906. The zero-order valence-electron chi connectivity index (χ0n) is 11.0. The summed E-state index contributed by atoms with van der Waals surface area (Å²) in [6, 6.07) is 0. The summed E-state index contributed by atoms with van der Waals surface area (Å²) < 4.78 is 5.18. The first-order valence-electron chi connectivity index (χ1n) is 6.83. The first-order valence-corrected chi connectivity index (χ1v) is 6.83. The lowest BCUT2D eigenvalue weighted by Gasteiger charge is -2.15. The Morgan fingerprint density at radius 1 is 1.11 bits per heavy atom. The lowest BCUT2D eigenvalue weighted by molar-refractivity contribution is -0.142. The van der Waals surface area contributed by atoms with E-state index in [9.17, 15) is 15.0 Å². The van der Waals surface area contributed by atoms with Gasteiger partial charge in [0, 0.05) is 6.08 Å². The molecule has 4 nitrogen and oxygen atoms in total. The molecule has 0 radical (unpaired) electrons. The molecular weight excluding hydrogens is 232 g/mol. The predicted molar refractivity (Wildman–Crippen MR) is 69.0 cm³/mol. The summed E-state index contributed by atoms with van der Waals surface area (Å²) in [7, 11) is 0. The van der Waals surface area contributed by atoms with Crippen molar-refractivity contribution in [3.8, 4) is 0 Å². The molecule has 18 heavy (non-hydrogen) atoms. The highest BCUT2D eigenvalue weighted by Crippen LogP contribution is 2.14. The highest BCUT2D eigenvalue weighted by molar-refractivity contribution is 5.82. The molecule has 0 bridgehead atoms. The van der Waals surface area contributed by atoms with Gasteiger partial charge in [-0.15, -0.1) is 0 Å². The van der Waals surface area contributed by atoms with E-state index in [2.05, 4.69) is 0 Å². The van der Waals surface area contributed by atoms with Gasteiger partial charge in [0.05, 0.1) is 18.3 Å². The van der Waals surface area contributed by atoms with Crippen LogP contribution in [-0.4, -0.2) is 34.5 Å². The molecule has 0 spiro atoms. The van der Waals surface area contributed by atoms with Crippen LogP contribution in [0.25, 0.3) is 0 Å². The number of carbonyl (C=O) groups is 1. The van der Waals surface area contributed by atoms with Gasteiger partial charge in [0.1, 0.15) is 0 Å². The van der Waals surface area contributed by atoms with Gasteiger partial charge in [-0.05, 0) is 45.1 Å². The molecule has 3 atom stereocenters. The summed E-state index contributed by atoms with van der Waals surface area (Å²) in [5, 5.41) is 19.3. The van der Waals surface area contributed by atoms with Crippen molar-refractivity contribution in [2.75, 3.05) is 0 Å². The molecule has 104 valence electrons. The van der Waals surface area contributed by atoms with E-state index in [1.165, 1.54) is 12.2 Å². The summed E-state index contributed by atoms with van der Waals surface area (Å²) in [6.07, 6.45) is 7.28. The van der Waals surface area contributed by atoms with Crippen molar-refractivity contribution in [1.29, 1.82) is 0 Å². The van der Waals surface area contributed by atoms with E-state index in [1.807, 2.05) is 6.92 Å². The fourth-order valence-corrected chi connectivity index (χ4v) is 2.08. The highest BCUT2D eigenvalue weighted by Gasteiger charge is 2.11. The topological polar surface area (TPSA) is 66.8 Å². The van der Waals surface area contributed by atoms with E-state index in [0.717, 1.165) is 32.1 Å². The van der Waals surface area contributed by atoms with Gasteiger partial charge in [0.15, 0.2) is 0 Å². The van der Waals surface area contributed by atoms with Crippen LogP contribution in [-0.2, 0) is 9.53 Å². The number of rotatable bonds is 0. The normalized spacial score (nSPS) is 32.6. The van der Waals surface area contributed by atoms with Crippen LogP contribution in [0.5, 0.6) is 0 Å². The summed E-state index contributed by atoms with van der Waals surface area (Å²) in [6.45, 7) is 1.88. The SMILES string of the molecule is C[C@@H]1CCCCC[C@H](O)CC[C@H](O)C=CC(=O)O1. The third-order valence-corrected chi connectivity index (χ3v) is 3.22. The molecule has 0 aromatic heterocycles. The van der Waals surface area contributed by atoms with Gasteiger partial charge in [0.2, 0.25) is 0 Å². The molecule has 0 amide bonds. The summed E-state index contributed by atoms with van der Waals surface area (Å²) in [4.78, 5) is 11.4. The monoisotopic (exact) mass is 256 g/mol. The van der Waals surface area contributed by atoms with Crippen LogP contribution in [0.2, 0.25) is 0 Å². The van der Waals surface area contributed by atoms with Crippen LogP contribution >= 0.6 is 0 Å². The Morgan fingerprint density at radius 3 is 2.61 bits per heavy atom. The van der Waals surface area contributed by atoms with Crippen LogP contribution in [0.15, 0.2) is 12.2 Å². The van der Waals surface area contributed by atoms with Crippen molar-refractivity contribution in [1.82, 2.24) is 0 Å². The van der Waals surface area contributed by atoms with Crippen molar-refractivity contribution in [3.05, 3.63) is 12.2 Å². The molecule has 1 rings (SSSR count). The van der Waals surface area contributed by atoms with Gasteiger partial charge in [-0.25, -0.2) is 4.79 Å². The molecule has 4 heteroatoms. The first kappa shape index (κ1) is 15.2. The molecular formula is C14H24O4. The standard InChI is InChI=1S/C14H24O4/c1-11-5-3-2-4-6-12(15)7-8-13(16)9-10-14(17)18-11/h9-13,15-16H,2-8H2,1H3/t11-,12+,13+/m1/s1. The van der Waals surface area contributed by atoms with Crippen molar-refractivity contribution in [2.24, 2.45) is 0 Å². The molecule has 0 aromatic carbocycles. The van der Waals surface area contributed by atoms with Crippen LogP contribution < -0.4 is 0 Å². The number of hydrogen-bond acceptors (Lipinski definition) is 4. The van der Waals surface area contributed by atoms with Crippen LogP contribution in [0.4, 0.5) is 0 Å². The number of aliphatic hydroxyl groups is 2. The van der Waals surface area contributed by atoms with Crippen LogP contribution in [0.3, 0.4) is 0 Å². The Hall–Kier alpha value is -0.870. The van der Waals surface area contributed by atoms with E-state index < -0.39 is 12.1 Å². The lowest BCUT2D eigenvalue weighted by atomic mass is 10.0. The number of hydrogen-bond donors (Lipinski definition) is 2. The van der Waals surface area contributed by atoms with Crippen LogP contribution in [0, 0.1) is 0 Å². The molecule has 1 aliphatic rings. The van der Waals surface area contributed by atoms with E-state index in [-0.39, 0.29) is 12.2 Å². The summed E-state index contributed by atoms with van der Waals surface area (Å²) in [5.74, 6) is -0.404. The fourth-order valence-electron chi connectivity index (χ4n) is 2.08.